The smallest absolute Gasteiger partial charge is 0.312 e. The van der Waals surface area contributed by atoms with Gasteiger partial charge in [-0.25, -0.2) is 13.6 Å². The Balaban J connectivity index is 2.17. The average Bonchev–Trinajstić information content (AvgIpc) is 2.42. The van der Waals surface area contributed by atoms with Gasteiger partial charge in [-0.15, -0.1) is 4.28 Å². The average molecular weight is 272 g/mol. The summed E-state index contributed by atoms with van der Waals surface area (Å²) in [5.41, 5.74) is 0. The summed E-state index contributed by atoms with van der Waals surface area (Å²) in [5, 5.41) is 0.442. The van der Waals surface area contributed by atoms with Crippen molar-refractivity contribution in [1.29, 1.82) is 0 Å². The first-order valence-electron chi connectivity index (χ1n) is 4.84. The van der Waals surface area contributed by atoms with Gasteiger partial charge in [0.25, 0.3) is 6.43 Å². The number of hydrogen-bond acceptors (Lipinski definition) is 4. The molecule has 0 aromatic heterocycles. The molecular weight excluding hydrogens is 262 g/mol. The van der Waals surface area contributed by atoms with Crippen LogP contribution in [0.3, 0.4) is 0 Å². The molecule has 2 heterocycles. The molecule has 98 valence electrons. The van der Waals surface area contributed by atoms with Crippen LogP contribution in [0.1, 0.15) is 12.8 Å². The van der Waals surface area contributed by atoms with Crippen LogP contribution >= 0.6 is 0 Å². The van der Waals surface area contributed by atoms with Gasteiger partial charge in [-0.1, -0.05) is 0 Å². The fourth-order valence-corrected chi connectivity index (χ4v) is 2.51. The molecule has 2 fully saturated rings. The number of piperidine rings is 1. The van der Waals surface area contributed by atoms with Gasteiger partial charge in [0.05, 0.1) is 12.1 Å². The first-order valence-corrected chi connectivity index (χ1v) is 6.21. The normalized spacial score (nSPS) is 29.3. The number of carbonyl (C=O) groups is 1. The van der Waals surface area contributed by atoms with Crippen LogP contribution < -0.4 is 0 Å². The molecule has 2 bridgehead atoms. The fourth-order valence-electron chi connectivity index (χ4n) is 2.12. The zero-order valence-corrected chi connectivity index (χ0v) is 9.31. The number of urea groups is 1. The molecule has 2 amide bonds. The molecule has 1 N–H and O–H groups in total. The number of carbonyl (C=O) groups excluding carboxylic acids is 1. The molecule has 0 aromatic carbocycles. The van der Waals surface area contributed by atoms with Gasteiger partial charge in [0, 0.05) is 6.54 Å². The van der Waals surface area contributed by atoms with Crippen LogP contribution in [0.2, 0.25) is 0 Å². The fraction of sp³-hybridized carbons (Fsp3) is 0.857. The molecule has 2 rings (SSSR count). The summed E-state index contributed by atoms with van der Waals surface area (Å²) in [7, 11) is -4.83. The number of rotatable bonds is 3. The maximum atomic E-state index is 12.6. The number of hydrogen-bond donors (Lipinski definition) is 1. The zero-order chi connectivity index (χ0) is 12.8. The molecule has 7 nitrogen and oxygen atoms in total. The lowest BCUT2D eigenvalue weighted by atomic mass is 10.0. The minimum Gasteiger partial charge on any atom is -0.312 e. The highest BCUT2D eigenvalue weighted by Gasteiger charge is 2.49. The Morgan fingerprint density at radius 2 is 2.06 bits per heavy atom. The molecule has 0 radical (unpaired) electrons. The van der Waals surface area contributed by atoms with E-state index in [2.05, 4.69) is 4.28 Å². The predicted octanol–water partition coefficient (Wildman–Crippen LogP) is 0.255. The maximum Gasteiger partial charge on any atom is 0.418 e. The third-order valence-electron chi connectivity index (χ3n) is 2.83. The quantitative estimate of drug-likeness (QED) is 0.744. The summed E-state index contributed by atoms with van der Waals surface area (Å²) in [5.74, 6) is 0. The van der Waals surface area contributed by atoms with E-state index >= 15 is 0 Å². The topological polar surface area (TPSA) is 87.2 Å². The molecule has 2 saturated heterocycles. The van der Waals surface area contributed by atoms with Crippen molar-refractivity contribution < 1.29 is 30.8 Å². The van der Waals surface area contributed by atoms with Crippen molar-refractivity contribution in [1.82, 2.24) is 9.96 Å². The van der Waals surface area contributed by atoms with Crippen molar-refractivity contribution in [3.63, 3.8) is 0 Å². The molecule has 10 heteroatoms. The SMILES string of the molecule is O=C1N2CC(CCC2C(F)F)N1OS(=O)(=O)O. The van der Waals surface area contributed by atoms with Crippen molar-refractivity contribution in [2.24, 2.45) is 0 Å². The van der Waals surface area contributed by atoms with Gasteiger partial charge in [0.15, 0.2) is 0 Å². The van der Waals surface area contributed by atoms with Crippen molar-refractivity contribution >= 4 is 16.4 Å². The van der Waals surface area contributed by atoms with Crippen molar-refractivity contribution in [2.45, 2.75) is 31.4 Å². The number of nitrogens with zero attached hydrogens (tertiary/aromatic N) is 2. The van der Waals surface area contributed by atoms with Crippen LogP contribution in [0.15, 0.2) is 0 Å². The molecule has 0 saturated carbocycles. The first-order chi connectivity index (χ1) is 7.79. The van der Waals surface area contributed by atoms with Crippen LogP contribution in [-0.2, 0) is 14.7 Å². The highest BCUT2D eigenvalue weighted by atomic mass is 32.3. The highest BCUT2D eigenvalue weighted by Crippen LogP contribution is 2.32. The minimum absolute atomic E-state index is 0.0244. The van der Waals surface area contributed by atoms with Gasteiger partial charge in [0.2, 0.25) is 0 Å². The molecule has 2 atom stereocenters. The molecule has 2 unspecified atom stereocenters. The van der Waals surface area contributed by atoms with Gasteiger partial charge in [-0.05, 0) is 12.8 Å². The van der Waals surface area contributed by atoms with E-state index < -0.39 is 34.9 Å². The van der Waals surface area contributed by atoms with Crippen LogP contribution in [0.5, 0.6) is 0 Å². The Hall–Kier alpha value is -1.00. The van der Waals surface area contributed by atoms with E-state index in [-0.39, 0.29) is 19.4 Å². The summed E-state index contributed by atoms with van der Waals surface area (Å²) in [6.45, 7) is -0.0244. The lowest BCUT2D eigenvalue weighted by molar-refractivity contribution is -0.0321. The summed E-state index contributed by atoms with van der Waals surface area (Å²) in [4.78, 5) is 12.5. The van der Waals surface area contributed by atoms with Crippen LogP contribution in [-0.4, -0.2) is 54.0 Å². The summed E-state index contributed by atoms with van der Waals surface area (Å²) in [6, 6.07) is -2.82. The Morgan fingerprint density at radius 3 is 2.59 bits per heavy atom. The molecular formula is C7H10F2N2O5S. The third-order valence-corrected chi connectivity index (χ3v) is 3.18. The number of alkyl halides is 2. The second-order valence-corrected chi connectivity index (χ2v) is 4.90. The van der Waals surface area contributed by atoms with E-state index in [1.54, 1.807) is 0 Å². The minimum atomic E-state index is -4.83. The van der Waals surface area contributed by atoms with Gasteiger partial charge in [-0.3, -0.25) is 4.55 Å². The molecule has 0 aromatic rings. The van der Waals surface area contributed by atoms with Crippen molar-refractivity contribution in [3.8, 4) is 0 Å². The Morgan fingerprint density at radius 1 is 1.41 bits per heavy atom. The van der Waals surface area contributed by atoms with E-state index in [0.717, 1.165) is 4.90 Å². The molecule has 0 spiro atoms. The molecule has 17 heavy (non-hydrogen) atoms. The molecule has 2 aliphatic heterocycles. The van der Waals surface area contributed by atoms with Crippen LogP contribution in [0, 0.1) is 0 Å². The largest absolute Gasteiger partial charge is 0.418 e. The Kier molecular flexibility index (Phi) is 2.96. The van der Waals surface area contributed by atoms with E-state index in [9.17, 15) is 22.0 Å². The number of amides is 2. The van der Waals surface area contributed by atoms with Gasteiger partial charge in [-0.2, -0.15) is 13.5 Å². The predicted molar refractivity (Wildman–Crippen MR) is 49.4 cm³/mol. The molecule has 2 aliphatic rings. The van der Waals surface area contributed by atoms with E-state index in [4.69, 9.17) is 4.55 Å². The Labute approximate surface area is 95.8 Å². The van der Waals surface area contributed by atoms with E-state index in [1.165, 1.54) is 0 Å². The van der Waals surface area contributed by atoms with Gasteiger partial charge < -0.3 is 4.90 Å². The van der Waals surface area contributed by atoms with E-state index in [1.807, 2.05) is 0 Å². The van der Waals surface area contributed by atoms with Gasteiger partial charge >= 0.3 is 16.4 Å². The second-order valence-electron chi connectivity index (χ2n) is 3.90. The van der Waals surface area contributed by atoms with Crippen LogP contribution in [0.4, 0.5) is 13.6 Å². The first kappa shape index (κ1) is 12.5. The highest BCUT2D eigenvalue weighted by molar-refractivity contribution is 7.80. The van der Waals surface area contributed by atoms with Crippen molar-refractivity contribution in [2.75, 3.05) is 6.54 Å². The summed E-state index contributed by atoms with van der Waals surface area (Å²) in [6.07, 6.45) is -2.42. The Bertz CT molecular complexity index is 428. The number of halogens is 2. The number of fused-ring (bicyclic) bond motifs is 2. The summed E-state index contributed by atoms with van der Waals surface area (Å²) >= 11 is 0. The van der Waals surface area contributed by atoms with E-state index in [0.29, 0.717) is 5.06 Å². The lowest BCUT2D eigenvalue weighted by Gasteiger charge is -2.29. The third kappa shape index (κ3) is 2.33. The summed E-state index contributed by atoms with van der Waals surface area (Å²) < 4.78 is 58.8. The van der Waals surface area contributed by atoms with Crippen LogP contribution in [0.25, 0.3) is 0 Å². The molecule has 0 aliphatic carbocycles. The van der Waals surface area contributed by atoms with Crippen molar-refractivity contribution in [3.05, 3.63) is 0 Å². The lowest BCUT2D eigenvalue weighted by Crippen LogP contribution is -2.44. The maximum absolute atomic E-state index is 12.6. The standard InChI is InChI=1S/C7H10F2N2O5S/c8-6(9)5-2-1-4-3-10(5)7(12)11(4)16-17(13,14)15/h4-6H,1-3H2,(H,13,14,15). The van der Waals surface area contributed by atoms with Gasteiger partial charge in [0.1, 0.15) is 0 Å². The monoisotopic (exact) mass is 272 g/mol. The zero-order valence-electron chi connectivity index (χ0n) is 8.49. The second kappa shape index (κ2) is 4.03. The number of hydroxylamine groups is 2.